The molecule has 0 bridgehead atoms. The smallest absolute Gasteiger partial charge is 0.291 e. The molecular weight excluding hydrogens is 412 g/mol. The molecule has 0 spiro atoms. The topological polar surface area (TPSA) is 71.8 Å². The fourth-order valence-electron chi connectivity index (χ4n) is 3.00. The van der Waals surface area contributed by atoms with E-state index in [0.717, 1.165) is 19.3 Å². The van der Waals surface area contributed by atoms with Gasteiger partial charge in [0.1, 0.15) is 11.4 Å². The van der Waals surface area contributed by atoms with Crippen LogP contribution in [0.2, 0.25) is 0 Å². The van der Waals surface area contributed by atoms with Crippen molar-refractivity contribution in [1.82, 2.24) is 10.2 Å². The molecule has 0 saturated carbocycles. The number of benzene rings is 1. The minimum absolute atomic E-state index is 0.138. The molecule has 1 aliphatic heterocycles. The van der Waals surface area contributed by atoms with E-state index in [9.17, 15) is 9.59 Å². The Hall–Kier alpha value is -2.54. The average Bonchev–Trinajstić information content (AvgIpc) is 3.26. The number of hydrogen-bond acceptors (Lipinski definition) is 4. The zero-order chi connectivity index (χ0) is 19.2. The molecule has 6 nitrogen and oxygen atoms in total. The Morgan fingerprint density at radius 1 is 1.11 bits per heavy atom. The summed E-state index contributed by atoms with van der Waals surface area (Å²) in [6, 6.07) is 10.5. The van der Waals surface area contributed by atoms with Gasteiger partial charge in [-0.3, -0.25) is 9.59 Å². The molecule has 1 saturated heterocycles. The first-order chi connectivity index (χ1) is 13.1. The van der Waals surface area contributed by atoms with Gasteiger partial charge in [-0.05, 0) is 53.4 Å². The summed E-state index contributed by atoms with van der Waals surface area (Å²) in [5.74, 6) is 0.0273. The summed E-state index contributed by atoms with van der Waals surface area (Å²) in [6.07, 6.45) is 4.43. The predicted molar refractivity (Wildman–Crippen MR) is 105 cm³/mol. The Bertz CT molecular complexity index is 839. The number of hydrogen-bond donors (Lipinski definition) is 1. The van der Waals surface area contributed by atoms with Crippen LogP contribution in [0.15, 0.2) is 52.8 Å². The normalized spacial score (nSPS) is 15.1. The van der Waals surface area contributed by atoms with Crippen LogP contribution in [0.5, 0.6) is 5.75 Å². The van der Waals surface area contributed by atoms with Crippen LogP contribution in [0.25, 0.3) is 4.48 Å². The lowest BCUT2D eigenvalue weighted by Gasteiger charge is -2.28. The number of halogens is 1. The fourth-order valence-corrected chi connectivity index (χ4v) is 3.60. The van der Waals surface area contributed by atoms with Gasteiger partial charge in [-0.15, -0.1) is 0 Å². The third kappa shape index (κ3) is 4.42. The maximum absolute atomic E-state index is 13.2. The number of piperidine rings is 1. The maximum Gasteiger partial charge on any atom is 0.291 e. The van der Waals surface area contributed by atoms with Crippen LogP contribution in [-0.2, 0) is 4.79 Å². The lowest BCUT2D eigenvalue weighted by molar-refractivity contribution is -0.128. The molecule has 3 rings (SSSR count). The molecule has 2 amide bonds. The lowest BCUT2D eigenvalue weighted by atomic mass is 10.1. The van der Waals surface area contributed by atoms with E-state index in [0.29, 0.717) is 28.9 Å². The minimum Gasteiger partial charge on any atom is -0.496 e. The molecule has 27 heavy (non-hydrogen) atoms. The standard InChI is InChI=1S/C20H21BrN2O4/c1-26-15-9-4-3-8-14(15)17(21)18(20(25)23-11-5-2-6-12-23)22-19(24)16-10-7-13-27-16/h3-4,7-10,13H,2,5-6,11-12H2,1H3,(H,22,24)/b18-17+. The molecule has 0 atom stereocenters. The van der Waals surface area contributed by atoms with Crippen molar-refractivity contribution in [1.29, 1.82) is 0 Å². The van der Waals surface area contributed by atoms with E-state index in [1.54, 1.807) is 30.2 Å². The van der Waals surface area contributed by atoms with Crippen molar-refractivity contribution in [2.75, 3.05) is 20.2 Å². The maximum atomic E-state index is 13.2. The number of ether oxygens (including phenoxy) is 1. The van der Waals surface area contributed by atoms with Gasteiger partial charge in [-0.25, -0.2) is 0 Å². The van der Waals surface area contributed by atoms with Crippen LogP contribution in [0.1, 0.15) is 35.4 Å². The monoisotopic (exact) mass is 432 g/mol. The zero-order valence-electron chi connectivity index (χ0n) is 15.0. The summed E-state index contributed by atoms with van der Waals surface area (Å²) in [5.41, 5.74) is 0.850. The molecular formula is C20H21BrN2O4. The number of nitrogens with one attached hydrogen (secondary N) is 1. The number of amides is 2. The summed E-state index contributed by atoms with van der Waals surface area (Å²) in [7, 11) is 1.56. The van der Waals surface area contributed by atoms with Gasteiger partial charge in [0.25, 0.3) is 11.8 Å². The van der Waals surface area contributed by atoms with Crippen molar-refractivity contribution in [2.45, 2.75) is 19.3 Å². The number of nitrogens with zero attached hydrogens (tertiary/aromatic N) is 1. The van der Waals surface area contributed by atoms with Gasteiger partial charge in [-0.1, -0.05) is 18.2 Å². The van der Waals surface area contributed by atoms with Gasteiger partial charge in [0.15, 0.2) is 5.76 Å². The number of furan rings is 1. The molecule has 7 heteroatoms. The van der Waals surface area contributed by atoms with Gasteiger partial charge < -0.3 is 19.4 Å². The van der Waals surface area contributed by atoms with Crippen LogP contribution in [0.3, 0.4) is 0 Å². The molecule has 142 valence electrons. The van der Waals surface area contributed by atoms with E-state index in [4.69, 9.17) is 9.15 Å². The molecule has 2 heterocycles. The van der Waals surface area contributed by atoms with Crippen molar-refractivity contribution in [2.24, 2.45) is 0 Å². The first-order valence-corrected chi connectivity index (χ1v) is 9.58. The number of likely N-dealkylation sites (tertiary alicyclic amines) is 1. The van der Waals surface area contributed by atoms with E-state index >= 15 is 0 Å². The third-order valence-electron chi connectivity index (χ3n) is 4.40. The van der Waals surface area contributed by atoms with Crippen molar-refractivity contribution in [3.8, 4) is 5.75 Å². The van der Waals surface area contributed by atoms with E-state index in [2.05, 4.69) is 21.2 Å². The van der Waals surface area contributed by atoms with Crippen LogP contribution in [-0.4, -0.2) is 36.9 Å². The minimum atomic E-state index is -0.479. The molecule has 1 fully saturated rings. The molecule has 1 aromatic heterocycles. The number of para-hydroxylation sites is 1. The third-order valence-corrected chi connectivity index (χ3v) is 5.23. The van der Waals surface area contributed by atoms with Gasteiger partial charge in [0.05, 0.1) is 17.9 Å². The first-order valence-electron chi connectivity index (χ1n) is 8.79. The Balaban J connectivity index is 1.99. The Morgan fingerprint density at radius 3 is 2.52 bits per heavy atom. The summed E-state index contributed by atoms with van der Waals surface area (Å²) in [4.78, 5) is 27.5. The number of carbonyl (C=O) groups is 2. The number of carbonyl (C=O) groups excluding carboxylic acids is 2. The fraction of sp³-hybridized carbons (Fsp3) is 0.300. The van der Waals surface area contributed by atoms with E-state index in [1.165, 1.54) is 6.26 Å². The molecule has 0 aliphatic carbocycles. The Morgan fingerprint density at radius 2 is 1.85 bits per heavy atom. The zero-order valence-corrected chi connectivity index (χ0v) is 16.6. The van der Waals surface area contributed by atoms with Gasteiger partial charge in [0.2, 0.25) is 0 Å². The molecule has 1 N–H and O–H groups in total. The van der Waals surface area contributed by atoms with Crippen LogP contribution in [0.4, 0.5) is 0 Å². The summed E-state index contributed by atoms with van der Waals surface area (Å²) in [5, 5.41) is 2.72. The second-order valence-electron chi connectivity index (χ2n) is 6.17. The molecule has 0 unspecified atom stereocenters. The van der Waals surface area contributed by atoms with E-state index in [-0.39, 0.29) is 17.4 Å². The van der Waals surface area contributed by atoms with Gasteiger partial charge in [-0.2, -0.15) is 0 Å². The van der Waals surface area contributed by atoms with Crippen molar-refractivity contribution in [3.05, 3.63) is 59.7 Å². The van der Waals surface area contributed by atoms with Crippen LogP contribution in [0, 0.1) is 0 Å². The van der Waals surface area contributed by atoms with E-state index < -0.39 is 5.91 Å². The largest absolute Gasteiger partial charge is 0.496 e. The number of methoxy groups -OCH3 is 1. The quantitative estimate of drug-likeness (QED) is 0.729. The second-order valence-corrected chi connectivity index (χ2v) is 6.97. The van der Waals surface area contributed by atoms with Crippen molar-refractivity contribution < 1.29 is 18.7 Å². The highest BCUT2D eigenvalue weighted by molar-refractivity contribution is 9.15. The second kappa shape index (κ2) is 8.90. The lowest BCUT2D eigenvalue weighted by Crippen LogP contribution is -2.41. The Labute approximate surface area is 166 Å². The van der Waals surface area contributed by atoms with Crippen LogP contribution < -0.4 is 10.1 Å². The van der Waals surface area contributed by atoms with E-state index in [1.807, 2.05) is 18.2 Å². The number of rotatable bonds is 5. The molecule has 1 aromatic carbocycles. The van der Waals surface area contributed by atoms with Gasteiger partial charge >= 0.3 is 0 Å². The highest BCUT2D eigenvalue weighted by Crippen LogP contribution is 2.33. The van der Waals surface area contributed by atoms with Gasteiger partial charge in [0, 0.05) is 18.7 Å². The molecule has 1 aliphatic rings. The highest BCUT2D eigenvalue weighted by Gasteiger charge is 2.26. The molecule has 0 radical (unpaired) electrons. The van der Waals surface area contributed by atoms with Crippen molar-refractivity contribution >= 4 is 32.2 Å². The predicted octanol–water partition coefficient (Wildman–Crippen LogP) is 3.79. The average molecular weight is 433 g/mol. The SMILES string of the molecule is COc1ccccc1/C(Br)=C(\NC(=O)c1ccco1)C(=O)N1CCCCC1. The summed E-state index contributed by atoms with van der Waals surface area (Å²) < 4.78 is 11.0. The highest BCUT2D eigenvalue weighted by atomic mass is 79.9. The Kier molecular flexibility index (Phi) is 6.34. The summed E-state index contributed by atoms with van der Waals surface area (Å²) in [6.45, 7) is 1.34. The van der Waals surface area contributed by atoms with Crippen molar-refractivity contribution in [3.63, 3.8) is 0 Å². The van der Waals surface area contributed by atoms with Crippen LogP contribution >= 0.6 is 15.9 Å². The first kappa shape index (κ1) is 19.2. The molecule has 2 aromatic rings. The summed E-state index contributed by atoms with van der Waals surface area (Å²) >= 11 is 3.51.